The molecule has 0 atom stereocenters. The molecule has 0 saturated heterocycles. The van der Waals surface area contributed by atoms with E-state index < -0.39 is 0 Å². The highest BCUT2D eigenvalue weighted by atomic mass is 32.2. The highest BCUT2D eigenvalue weighted by Gasteiger charge is 2.22. The third kappa shape index (κ3) is 9.13. The summed E-state index contributed by atoms with van der Waals surface area (Å²) in [6, 6.07) is 6.56. The minimum absolute atomic E-state index is 0.140. The predicted octanol–water partition coefficient (Wildman–Crippen LogP) is 8.68. The van der Waals surface area contributed by atoms with Crippen molar-refractivity contribution in [3.05, 3.63) is 44.9 Å². The summed E-state index contributed by atoms with van der Waals surface area (Å²) >= 11 is 5.77. The minimum Gasteiger partial charge on any atom is -0.111 e. The van der Waals surface area contributed by atoms with E-state index in [0.29, 0.717) is 0 Å². The molecule has 26 heavy (non-hydrogen) atoms. The fraction of sp³-hybridized carbons (Fsp3) is 0.609. The van der Waals surface area contributed by atoms with Gasteiger partial charge in [-0.2, -0.15) is 0 Å². The summed E-state index contributed by atoms with van der Waals surface area (Å²) in [6.45, 7) is 24.9. The number of aryl methyl sites for hydroxylation is 2. The maximum absolute atomic E-state index is 3.84. The van der Waals surface area contributed by atoms with E-state index >= 15 is 0 Å². The van der Waals surface area contributed by atoms with Gasteiger partial charge in [0.1, 0.15) is 0 Å². The Morgan fingerprint density at radius 2 is 1.08 bits per heavy atom. The Morgan fingerprint density at radius 3 is 1.42 bits per heavy atom. The molecule has 0 spiro atoms. The van der Waals surface area contributed by atoms with E-state index in [9.17, 15) is 0 Å². The van der Waals surface area contributed by atoms with E-state index in [1.54, 1.807) is 0 Å². The molecule has 0 unspecified atom stereocenters. The molecule has 0 aliphatic heterocycles. The summed E-state index contributed by atoms with van der Waals surface area (Å²) in [4.78, 5) is 1.26. The minimum atomic E-state index is 0.140. The van der Waals surface area contributed by atoms with Crippen LogP contribution in [0, 0.1) is 13.8 Å². The van der Waals surface area contributed by atoms with E-state index in [-0.39, 0.29) is 14.2 Å². The second kappa shape index (κ2) is 8.86. The smallest absolute Gasteiger partial charge is 0.0847 e. The monoisotopic (exact) mass is 408 g/mol. The summed E-state index contributed by atoms with van der Waals surface area (Å²) in [5.41, 5.74) is 7.83. The van der Waals surface area contributed by atoms with Gasteiger partial charge in [-0.15, -0.1) is 35.3 Å². The first kappa shape index (κ1) is 23.8. The molecule has 0 N–H and O–H groups in total. The van der Waals surface area contributed by atoms with Gasteiger partial charge in [0.2, 0.25) is 0 Å². The average Bonchev–Trinajstić information content (AvgIpc) is 2.31. The zero-order valence-electron chi connectivity index (χ0n) is 18.5. The van der Waals surface area contributed by atoms with Crippen LogP contribution >= 0.6 is 35.3 Å². The highest BCUT2D eigenvalue weighted by Crippen LogP contribution is 2.46. The van der Waals surface area contributed by atoms with Gasteiger partial charge in [-0.05, 0) is 25.0 Å². The quantitative estimate of drug-likeness (QED) is 0.457. The first-order chi connectivity index (χ1) is 11.6. The predicted molar refractivity (Wildman–Crippen MR) is 128 cm³/mol. The fourth-order valence-electron chi connectivity index (χ4n) is 2.34. The van der Waals surface area contributed by atoms with Crippen LogP contribution in [0.4, 0.5) is 0 Å². The van der Waals surface area contributed by atoms with Gasteiger partial charge < -0.3 is 0 Å². The van der Waals surface area contributed by atoms with E-state index in [4.69, 9.17) is 0 Å². The number of benzene rings is 1. The van der Waals surface area contributed by atoms with Crippen LogP contribution in [-0.2, 0) is 0 Å². The summed E-state index contributed by atoms with van der Waals surface area (Å²) < 4.78 is 1.75. The molecule has 0 fully saturated rings. The Hall–Kier alpha value is -0.210. The molecule has 0 saturated carbocycles. The lowest BCUT2D eigenvalue weighted by molar-refractivity contribution is 0.803. The van der Waals surface area contributed by atoms with Crippen molar-refractivity contribution in [1.29, 1.82) is 0 Å². The number of hydrogen-bond donors (Lipinski definition) is 0. The highest BCUT2D eigenvalue weighted by molar-refractivity contribution is 8.23. The van der Waals surface area contributed by atoms with Crippen molar-refractivity contribution in [3.8, 4) is 0 Å². The van der Waals surface area contributed by atoms with Crippen molar-refractivity contribution in [2.24, 2.45) is 0 Å². The van der Waals surface area contributed by atoms with Gasteiger partial charge in [-0.25, -0.2) is 0 Å². The van der Waals surface area contributed by atoms with Crippen molar-refractivity contribution in [1.82, 2.24) is 0 Å². The maximum atomic E-state index is 3.84. The molecule has 0 nitrogen and oxygen atoms in total. The van der Waals surface area contributed by atoms with Gasteiger partial charge in [0.05, 0.1) is 9.14 Å². The van der Waals surface area contributed by atoms with Crippen LogP contribution in [0.15, 0.2) is 28.2 Å². The lowest BCUT2D eigenvalue weighted by Crippen LogP contribution is -2.11. The Bertz CT molecular complexity index is 647. The molecule has 0 amide bonds. The van der Waals surface area contributed by atoms with Gasteiger partial charge in [0, 0.05) is 19.8 Å². The van der Waals surface area contributed by atoms with Crippen molar-refractivity contribution >= 4 is 40.2 Å². The van der Waals surface area contributed by atoms with Crippen molar-refractivity contribution in [2.45, 2.75) is 90.4 Å². The summed E-state index contributed by atoms with van der Waals surface area (Å²) in [7, 11) is 0. The molecule has 0 aliphatic carbocycles. The van der Waals surface area contributed by atoms with E-state index in [2.05, 4.69) is 100 Å². The van der Waals surface area contributed by atoms with Gasteiger partial charge in [-0.3, -0.25) is 0 Å². The van der Waals surface area contributed by atoms with Crippen molar-refractivity contribution in [2.75, 3.05) is 0 Å². The summed E-state index contributed by atoms with van der Waals surface area (Å²) in [5, 5.41) is 0. The third-order valence-corrected chi connectivity index (χ3v) is 6.55. The van der Waals surface area contributed by atoms with Crippen LogP contribution in [0.2, 0.25) is 0 Å². The topological polar surface area (TPSA) is 0 Å². The number of rotatable bonds is 4. The van der Waals surface area contributed by atoms with E-state index in [1.165, 1.54) is 25.8 Å². The van der Waals surface area contributed by atoms with Crippen LogP contribution < -0.4 is 0 Å². The molecule has 0 aromatic heterocycles. The molecule has 146 valence electrons. The normalized spacial score (nSPS) is 12.7. The Labute approximate surface area is 175 Å². The molecular formula is C23H36S3. The molecule has 0 radical (unpaired) electrons. The molecule has 0 heterocycles. The van der Waals surface area contributed by atoms with Crippen LogP contribution in [0.3, 0.4) is 0 Å². The Kier molecular flexibility index (Phi) is 8.12. The largest absolute Gasteiger partial charge is 0.111 e. The van der Waals surface area contributed by atoms with E-state index in [1.807, 2.05) is 35.3 Å². The van der Waals surface area contributed by atoms with Crippen LogP contribution in [0.5, 0.6) is 0 Å². The molecule has 0 aliphatic rings. The van der Waals surface area contributed by atoms with E-state index in [0.717, 1.165) is 0 Å². The molecule has 1 aromatic rings. The molecular weight excluding hydrogens is 372 g/mol. The van der Waals surface area contributed by atoms with Crippen LogP contribution in [0.1, 0.15) is 79.0 Å². The first-order valence-electron chi connectivity index (χ1n) is 9.22. The zero-order chi connectivity index (χ0) is 20.3. The van der Waals surface area contributed by atoms with Crippen LogP contribution in [-0.4, -0.2) is 14.2 Å². The second-order valence-electron chi connectivity index (χ2n) is 9.65. The van der Waals surface area contributed by atoms with Crippen molar-refractivity contribution in [3.63, 3.8) is 0 Å². The number of thioether (sulfide) groups is 3. The summed E-state index contributed by atoms with van der Waals surface area (Å²) in [6.07, 6.45) is 0. The van der Waals surface area contributed by atoms with Crippen molar-refractivity contribution < 1.29 is 0 Å². The van der Waals surface area contributed by atoms with Crippen LogP contribution in [0.25, 0.3) is 4.91 Å². The molecule has 1 rings (SSSR count). The third-order valence-electron chi connectivity index (χ3n) is 3.13. The molecule has 1 aromatic carbocycles. The van der Waals surface area contributed by atoms with Gasteiger partial charge >= 0.3 is 0 Å². The first-order valence-corrected chi connectivity index (χ1v) is 11.7. The molecule has 0 bridgehead atoms. The Morgan fingerprint density at radius 1 is 0.692 bits per heavy atom. The maximum Gasteiger partial charge on any atom is 0.0847 e. The lowest BCUT2D eigenvalue weighted by Gasteiger charge is -2.25. The SMILES string of the molecule is Cc1cccc(C)c1C(=C=C(SC(C)(C)C)SC(C)(C)C)SC(C)(C)C. The zero-order valence-corrected chi connectivity index (χ0v) is 20.9. The fourth-order valence-corrected chi connectivity index (χ4v) is 6.74. The Balaban J connectivity index is 3.69. The van der Waals surface area contributed by atoms with Gasteiger partial charge in [0.25, 0.3) is 0 Å². The van der Waals surface area contributed by atoms with Gasteiger partial charge in [-0.1, -0.05) is 86.2 Å². The number of hydrogen-bond acceptors (Lipinski definition) is 3. The lowest BCUT2D eigenvalue weighted by atomic mass is 10.0. The summed E-state index contributed by atoms with van der Waals surface area (Å²) in [5.74, 6) is 0. The second-order valence-corrected chi connectivity index (χ2v) is 15.4. The molecule has 3 heteroatoms. The average molecular weight is 409 g/mol. The van der Waals surface area contributed by atoms with Gasteiger partial charge in [0.15, 0.2) is 0 Å². The standard InChI is InChI=1S/C23H36S3/c1-16-13-12-14-17(2)20(16)18(24-21(3,4)5)15-19(25-22(6,7)8)26-23(9,10)11/h12-14H,1-11H3.